The van der Waals surface area contributed by atoms with Gasteiger partial charge < -0.3 is 14.5 Å². The standard InChI is InChI=1S/C46H32N4/c1-4-15-31(16-5-1)40-30-41(32-17-6-2-7-18-32)48-46(47-40)33-19-14-22-35(29-33)50-43-26-13-11-24-37(43)39-28-27-38-36-23-10-12-25-42(36)49(44(38)45(39)50)34-20-8-3-9-21-34/h1-30,40H,(H,47,48). The van der Waals surface area contributed by atoms with Gasteiger partial charge in [0.1, 0.15) is 5.84 Å². The van der Waals surface area contributed by atoms with E-state index in [-0.39, 0.29) is 6.04 Å². The molecule has 1 N–H and O–H groups in total. The van der Waals surface area contributed by atoms with E-state index in [2.05, 4.69) is 196 Å². The van der Waals surface area contributed by atoms with Gasteiger partial charge in [0.2, 0.25) is 0 Å². The molecule has 10 rings (SSSR count). The highest BCUT2D eigenvalue weighted by Gasteiger charge is 2.23. The number of nitrogens with zero attached hydrogens (tertiary/aromatic N) is 3. The van der Waals surface area contributed by atoms with E-state index in [1.807, 2.05) is 0 Å². The van der Waals surface area contributed by atoms with Crippen molar-refractivity contribution in [3.05, 3.63) is 199 Å². The van der Waals surface area contributed by atoms with Gasteiger partial charge in [0, 0.05) is 44.2 Å². The van der Waals surface area contributed by atoms with Crippen molar-refractivity contribution in [3.63, 3.8) is 0 Å². The van der Waals surface area contributed by atoms with Crippen LogP contribution >= 0.6 is 0 Å². The van der Waals surface area contributed by atoms with Crippen LogP contribution in [0.15, 0.2) is 187 Å². The second-order valence-electron chi connectivity index (χ2n) is 12.9. The van der Waals surface area contributed by atoms with Crippen molar-refractivity contribution >= 4 is 55.1 Å². The van der Waals surface area contributed by atoms with E-state index in [1.54, 1.807) is 0 Å². The normalized spacial score (nSPS) is 14.6. The number of hydrogen-bond donors (Lipinski definition) is 1. The number of amidine groups is 1. The summed E-state index contributed by atoms with van der Waals surface area (Å²) in [7, 11) is 0. The number of aromatic nitrogens is 2. The largest absolute Gasteiger partial charge is 0.340 e. The molecule has 4 heteroatoms. The molecule has 9 aromatic rings. The number of nitrogens with one attached hydrogen (secondary N) is 1. The van der Waals surface area contributed by atoms with Gasteiger partial charge in [0.25, 0.3) is 0 Å². The van der Waals surface area contributed by atoms with Crippen LogP contribution in [0.2, 0.25) is 0 Å². The maximum absolute atomic E-state index is 5.29. The summed E-state index contributed by atoms with van der Waals surface area (Å²) < 4.78 is 4.88. The van der Waals surface area contributed by atoms with Crippen LogP contribution in [0.4, 0.5) is 0 Å². The van der Waals surface area contributed by atoms with Crippen molar-refractivity contribution < 1.29 is 0 Å². The summed E-state index contributed by atoms with van der Waals surface area (Å²) in [5.41, 5.74) is 11.4. The number of hydrogen-bond acceptors (Lipinski definition) is 2. The molecule has 1 aliphatic heterocycles. The maximum Gasteiger partial charge on any atom is 0.133 e. The molecule has 1 unspecified atom stereocenters. The van der Waals surface area contributed by atoms with Crippen LogP contribution in [0.5, 0.6) is 0 Å². The molecule has 4 nitrogen and oxygen atoms in total. The summed E-state index contributed by atoms with van der Waals surface area (Å²) in [5, 5.41) is 8.64. The van der Waals surface area contributed by atoms with Gasteiger partial charge in [-0.2, -0.15) is 0 Å². The van der Waals surface area contributed by atoms with E-state index >= 15 is 0 Å². The third-order valence-corrected chi connectivity index (χ3v) is 9.93. The van der Waals surface area contributed by atoms with Gasteiger partial charge in [0.05, 0.1) is 28.1 Å². The average Bonchev–Trinajstić information content (AvgIpc) is 3.72. The van der Waals surface area contributed by atoms with Crippen molar-refractivity contribution in [3.8, 4) is 11.4 Å². The molecule has 0 spiro atoms. The third kappa shape index (κ3) is 4.50. The number of para-hydroxylation sites is 3. The van der Waals surface area contributed by atoms with Crippen molar-refractivity contribution in [2.24, 2.45) is 4.99 Å². The Bertz CT molecular complexity index is 2770. The second-order valence-corrected chi connectivity index (χ2v) is 12.9. The lowest BCUT2D eigenvalue weighted by molar-refractivity contribution is 0.880. The van der Waals surface area contributed by atoms with Gasteiger partial charge in [-0.05, 0) is 53.6 Å². The first-order valence-corrected chi connectivity index (χ1v) is 17.1. The molecule has 1 atom stereocenters. The lowest BCUT2D eigenvalue weighted by Gasteiger charge is -2.23. The summed E-state index contributed by atoms with van der Waals surface area (Å²) in [6.45, 7) is 0. The fourth-order valence-corrected chi connectivity index (χ4v) is 7.70. The highest BCUT2D eigenvalue weighted by Crippen LogP contribution is 2.41. The van der Waals surface area contributed by atoms with Crippen LogP contribution < -0.4 is 5.32 Å². The first-order chi connectivity index (χ1) is 24.8. The van der Waals surface area contributed by atoms with E-state index in [4.69, 9.17) is 4.99 Å². The van der Waals surface area contributed by atoms with Crippen LogP contribution in [0, 0.1) is 0 Å². The first kappa shape index (κ1) is 28.4. The molecule has 0 aliphatic carbocycles. The van der Waals surface area contributed by atoms with Crippen molar-refractivity contribution in [1.29, 1.82) is 0 Å². The summed E-state index contributed by atoms with van der Waals surface area (Å²) in [6, 6.07) is 62.6. The predicted molar refractivity (Wildman–Crippen MR) is 208 cm³/mol. The number of rotatable bonds is 5. The smallest absolute Gasteiger partial charge is 0.133 e. The summed E-state index contributed by atoms with van der Waals surface area (Å²) in [4.78, 5) is 5.29. The monoisotopic (exact) mass is 640 g/mol. The Morgan fingerprint density at radius 2 is 0.960 bits per heavy atom. The average molecular weight is 641 g/mol. The Morgan fingerprint density at radius 3 is 1.62 bits per heavy atom. The van der Waals surface area contributed by atoms with Crippen LogP contribution in [-0.2, 0) is 0 Å². The summed E-state index contributed by atoms with van der Waals surface area (Å²) in [5.74, 6) is 0.853. The Kier molecular flexibility index (Phi) is 6.53. The first-order valence-electron chi connectivity index (χ1n) is 17.1. The fourth-order valence-electron chi connectivity index (χ4n) is 7.70. The zero-order valence-electron chi connectivity index (χ0n) is 27.2. The van der Waals surface area contributed by atoms with Crippen LogP contribution in [0.25, 0.3) is 60.7 Å². The van der Waals surface area contributed by atoms with Crippen molar-refractivity contribution in [1.82, 2.24) is 14.5 Å². The van der Waals surface area contributed by atoms with Gasteiger partial charge >= 0.3 is 0 Å². The number of fused-ring (bicyclic) bond motifs is 7. The third-order valence-electron chi connectivity index (χ3n) is 9.93. The van der Waals surface area contributed by atoms with Gasteiger partial charge in [0.15, 0.2) is 0 Å². The lowest BCUT2D eigenvalue weighted by Crippen LogP contribution is -2.27. The number of aliphatic imine (C=N–C) groups is 1. The van der Waals surface area contributed by atoms with Gasteiger partial charge in [-0.15, -0.1) is 0 Å². The minimum absolute atomic E-state index is 0.110. The molecule has 0 saturated heterocycles. The van der Waals surface area contributed by atoms with Crippen LogP contribution in [0.1, 0.15) is 22.7 Å². The molecule has 0 fully saturated rings. The highest BCUT2D eigenvalue weighted by atomic mass is 15.1. The zero-order chi connectivity index (χ0) is 33.0. The minimum atomic E-state index is -0.110. The predicted octanol–water partition coefficient (Wildman–Crippen LogP) is 11.0. The Morgan fingerprint density at radius 1 is 0.440 bits per heavy atom. The Hall–Kier alpha value is -6.65. The van der Waals surface area contributed by atoms with E-state index in [9.17, 15) is 0 Å². The molecule has 1 aliphatic rings. The van der Waals surface area contributed by atoms with Crippen molar-refractivity contribution in [2.75, 3.05) is 0 Å². The maximum atomic E-state index is 5.29. The van der Waals surface area contributed by atoms with E-state index < -0.39 is 0 Å². The lowest BCUT2D eigenvalue weighted by atomic mass is 10.0. The molecule has 0 amide bonds. The molecule has 0 saturated carbocycles. The molecule has 3 heterocycles. The van der Waals surface area contributed by atoms with Gasteiger partial charge in [-0.25, -0.2) is 0 Å². The SMILES string of the molecule is C1=C(c2ccccc2)NC(c2cccc(-n3c4ccccc4c4ccc5c6ccccc6n(-c6ccccc6)c5c43)c2)=NC1c1ccccc1. The number of benzene rings is 7. The second kappa shape index (κ2) is 11.5. The molecule has 0 bridgehead atoms. The summed E-state index contributed by atoms with van der Waals surface area (Å²) in [6.07, 6.45) is 2.23. The molecule has 2 aromatic heterocycles. The fraction of sp³-hybridized carbons (Fsp3) is 0.0217. The van der Waals surface area contributed by atoms with E-state index in [0.717, 1.165) is 39.6 Å². The molecule has 7 aromatic carbocycles. The zero-order valence-corrected chi connectivity index (χ0v) is 27.2. The molecular weight excluding hydrogens is 609 g/mol. The minimum Gasteiger partial charge on any atom is -0.340 e. The quantitative estimate of drug-likeness (QED) is 0.200. The summed E-state index contributed by atoms with van der Waals surface area (Å²) >= 11 is 0. The van der Waals surface area contributed by atoms with E-state index in [1.165, 1.54) is 43.6 Å². The van der Waals surface area contributed by atoms with Crippen molar-refractivity contribution in [2.45, 2.75) is 6.04 Å². The molecule has 50 heavy (non-hydrogen) atoms. The molecular formula is C46H32N4. The van der Waals surface area contributed by atoms with Crippen LogP contribution in [-0.4, -0.2) is 15.0 Å². The molecule has 0 radical (unpaired) electrons. The van der Waals surface area contributed by atoms with Crippen LogP contribution in [0.3, 0.4) is 0 Å². The Balaban J connectivity index is 1.22. The Labute approximate surface area is 289 Å². The topological polar surface area (TPSA) is 34.2 Å². The van der Waals surface area contributed by atoms with Gasteiger partial charge in [-0.3, -0.25) is 4.99 Å². The van der Waals surface area contributed by atoms with Gasteiger partial charge in [-0.1, -0.05) is 140 Å². The highest BCUT2D eigenvalue weighted by molar-refractivity contribution is 6.23. The molecule has 236 valence electrons. The van der Waals surface area contributed by atoms with E-state index in [0.29, 0.717) is 0 Å².